The maximum atomic E-state index is 12.4. The molecular formula is C15H17N3O. The van der Waals surface area contributed by atoms with Gasteiger partial charge >= 0.3 is 0 Å². The molecule has 4 nitrogen and oxygen atoms in total. The molecule has 1 saturated heterocycles. The number of aromatic nitrogens is 1. The van der Waals surface area contributed by atoms with Crippen molar-refractivity contribution in [2.24, 2.45) is 5.41 Å². The summed E-state index contributed by atoms with van der Waals surface area (Å²) in [6.45, 7) is 3.65. The van der Waals surface area contributed by atoms with Crippen LogP contribution in [0.3, 0.4) is 0 Å². The van der Waals surface area contributed by atoms with Gasteiger partial charge in [-0.25, -0.2) is 0 Å². The van der Waals surface area contributed by atoms with Crippen molar-refractivity contribution in [1.29, 1.82) is 0 Å². The second kappa shape index (κ2) is 4.63. The zero-order chi connectivity index (χ0) is 13.3. The largest absolute Gasteiger partial charge is 0.325 e. The first-order chi connectivity index (χ1) is 9.19. The third kappa shape index (κ3) is 2.19. The van der Waals surface area contributed by atoms with Crippen molar-refractivity contribution >= 4 is 22.5 Å². The highest BCUT2D eigenvalue weighted by Crippen LogP contribution is 2.28. The Morgan fingerprint density at radius 3 is 3.05 bits per heavy atom. The third-order valence-corrected chi connectivity index (χ3v) is 3.81. The third-order valence-electron chi connectivity index (χ3n) is 3.81. The molecule has 19 heavy (non-hydrogen) atoms. The van der Waals surface area contributed by atoms with Gasteiger partial charge in [0.1, 0.15) is 0 Å². The van der Waals surface area contributed by atoms with Crippen molar-refractivity contribution < 1.29 is 4.79 Å². The number of pyridine rings is 1. The van der Waals surface area contributed by atoms with Crippen LogP contribution in [0.2, 0.25) is 0 Å². The summed E-state index contributed by atoms with van der Waals surface area (Å²) in [6.07, 6.45) is 2.64. The summed E-state index contributed by atoms with van der Waals surface area (Å²) < 4.78 is 0. The molecule has 0 radical (unpaired) electrons. The van der Waals surface area contributed by atoms with E-state index >= 15 is 0 Å². The van der Waals surface area contributed by atoms with Crippen molar-refractivity contribution in [3.63, 3.8) is 0 Å². The van der Waals surface area contributed by atoms with Crippen LogP contribution < -0.4 is 10.6 Å². The number of rotatable bonds is 2. The van der Waals surface area contributed by atoms with E-state index in [0.717, 1.165) is 36.1 Å². The highest BCUT2D eigenvalue weighted by molar-refractivity contribution is 6.03. The molecular weight excluding hydrogens is 238 g/mol. The highest BCUT2D eigenvalue weighted by Gasteiger charge is 2.36. The van der Waals surface area contributed by atoms with E-state index in [4.69, 9.17) is 0 Å². The summed E-state index contributed by atoms with van der Waals surface area (Å²) in [6, 6.07) is 9.65. The van der Waals surface area contributed by atoms with Gasteiger partial charge in [0.25, 0.3) is 0 Å². The van der Waals surface area contributed by atoms with Crippen LogP contribution in [0, 0.1) is 5.41 Å². The lowest BCUT2D eigenvalue weighted by Crippen LogP contribution is -2.35. The number of nitrogens with one attached hydrogen (secondary N) is 2. The first-order valence-electron chi connectivity index (χ1n) is 6.55. The lowest BCUT2D eigenvalue weighted by molar-refractivity contribution is -0.123. The predicted molar refractivity (Wildman–Crippen MR) is 76.0 cm³/mol. The van der Waals surface area contributed by atoms with Crippen LogP contribution in [0.25, 0.3) is 10.9 Å². The fourth-order valence-electron chi connectivity index (χ4n) is 2.50. The number of hydrogen-bond acceptors (Lipinski definition) is 3. The number of carbonyl (C=O) groups is 1. The Kier molecular flexibility index (Phi) is 2.95. The second-order valence-corrected chi connectivity index (χ2v) is 5.32. The average Bonchev–Trinajstić information content (AvgIpc) is 2.87. The molecule has 0 spiro atoms. The lowest BCUT2D eigenvalue weighted by atomic mass is 9.88. The normalized spacial score (nSPS) is 22.6. The molecule has 1 atom stereocenters. The van der Waals surface area contributed by atoms with Crippen molar-refractivity contribution in [3.05, 3.63) is 36.5 Å². The van der Waals surface area contributed by atoms with Crippen molar-refractivity contribution in [2.45, 2.75) is 13.3 Å². The number of benzene rings is 1. The molecule has 1 amide bonds. The first kappa shape index (κ1) is 12.1. The Hall–Kier alpha value is -1.94. The quantitative estimate of drug-likeness (QED) is 0.864. The Labute approximate surface area is 112 Å². The average molecular weight is 255 g/mol. The summed E-state index contributed by atoms with van der Waals surface area (Å²) in [5.41, 5.74) is 1.42. The molecule has 0 saturated carbocycles. The van der Waals surface area contributed by atoms with Gasteiger partial charge in [-0.05, 0) is 44.2 Å². The van der Waals surface area contributed by atoms with E-state index < -0.39 is 0 Å². The summed E-state index contributed by atoms with van der Waals surface area (Å²) in [7, 11) is 0. The van der Waals surface area contributed by atoms with Gasteiger partial charge in [-0.3, -0.25) is 9.78 Å². The van der Waals surface area contributed by atoms with Gasteiger partial charge in [0.2, 0.25) is 5.91 Å². The van der Waals surface area contributed by atoms with Crippen LogP contribution in [0.15, 0.2) is 36.5 Å². The van der Waals surface area contributed by atoms with Crippen LogP contribution in [0.5, 0.6) is 0 Å². The summed E-state index contributed by atoms with van der Waals surface area (Å²) in [5.74, 6) is 0.0776. The minimum atomic E-state index is -0.315. The van der Waals surface area contributed by atoms with Crippen LogP contribution >= 0.6 is 0 Å². The maximum Gasteiger partial charge on any atom is 0.231 e. The number of amides is 1. The molecule has 2 heterocycles. The number of anilines is 1. The number of fused-ring (bicyclic) bond motifs is 1. The molecule has 1 unspecified atom stereocenters. The molecule has 1 aromatic carbocycles. The Balaban J connectivity index is 1.91. The Morgan fingerprint density at radius 2 is 2.26 bits per heavy atom. The van der Waals surface area contributed by atoms with Crippen molar-refractivity contribution in [3.8, 4) is 0 Å². The molecule has 2 aromatic rings. The lowest BCUT2D eigenvalue weighted by Gasteiger charge is -2.22. The standard InChI is InChI=1S/C15H17N3O/c1-15(7-9-16-10-15)14(19)18-13-6-2-5-12-11(13)4-3-8-17-12/h2-6,8,16H,7,9-10H2,1H3,(H,18,19). The minimum absolute atomic E-state index is 0.0776. The number of carbonyl (C=O) groups excluding carboxylic acids is 1. The van der Waals surface area contributed by atoms with Gasteiger partial charge < -0.3 is 10.6 Å². The van der Waals surface area contributed by atoms with E-state index in [0.29, 0.717) is 0 Å². The predicted octanol–water partition coefficient (Wildman–Crippen LogP) is 2.17. The molecule has 0 aliphatic carbocycles. The molecule has 2 N–H and O–H groups in total. The topological polar surface area (TPSA) is 54.0 Å². The van der Waals surface area contributed by atoms with Gasteiger partial charge in [-0.2, -0.15) is 0 Å². The van der Waals surface area contributed by atoms with E-state index in [1.54, 1.807) is 6.20 Å². The van der Waals surface area contributed by atoms with Gasteiger partial charge in [0.05, 0.1) is 16.6 Å². The van der Waals surface area contributed by atoms with E-state index in [-0.39, 0.29) is 11.3 Å². The van der Waals surface area contributed by atoms with E-state index in [9.17, 15) is 4.79 Å². The zero-order valence-electron chi connectivity index (χ0n) is 10.9. The maximum absolute atomic E-state index is 12.4. The SMILES string of the molecule is CC1(C(=O)Nc2cccc3ncccc23)CCNC1. The molecule has 1 aliphatic rings. The zero-order valence-corrected chi connectivity index (χ0v) is 10.9. The van der Waals surface area contributed by atoms with Crippen LogP contribution in [0.4, 0.5) is 5.69 Å². The van der Waals surface area contributed by atoms with E-state index in [1.165, 1.54) is 0 Å². The fraction of sp³-hybridized carbons (Fsp3) is 0.333. The molecule has 1 aromatic heterocycles. The van der Waals surface area contributed by atoms with Crippen molar-refractivity contribution in [2.75, 3.05) is 18.4 Å². The first-order valence-corrected chi connectivity index (χ1v) is 6.55. The molecule has 98 valence electrons. The molecule has 1 fully saturated rings. The summed E-state index contributed by atoms with van der Waals surface area (Å²) in [5, 5.41) is 7.27. The molecule has 4 heteroatoms. The molecule has 3 rings (SSSR count). The molecule has 0 bridgehead atoms. The van der Waals surface area contributed by atoms with E-state index in [2.05, 4.69) is 15.6 Å². The summed E-state index contributed by atoms with van der Waals surface area (Å²) in [4.78, 5) is 16.7. The second-order valence-electron chi connectivity index (χ2n) is 5.32. The Morgan fingerprint density at radius 1 is 1.37 bits per heavy atom. The molecule has 1 aliphatic heterocycles. The van der Waals surface area contributed by atoms with E-state index in [1.807, 2.05) is 37.3 Å². The monoisotopic (exact) mass is 255 g/mol. The number of hydrogen-bond donors (Lipinski definition) is 2. The Bertz CT molecular complexity index is 612. The smallest absolute Gasteiger partial charge is 0.231 e. The van der Waals surface area contributed by atoms with Crippen molar-refractivity contribution in [1.82, 2.24) is 10.3 Å². The van der Waals surface area contributed by atoms with Gasteiger partial charge in [-0.1, -0.05) is 6.07 Å². The van der Waals surface area contributed by atoms with Gasteiger partial charge in [0, 0.05) is 18.1 Å². The van der Waals surface area contributed by atoms with Gasteiger partial charge in [-0.15, -0.1) is 0 Å². The number of nitrogens with zero attached hydrogens (tertiary/aromatic N) is 1. The summed E-state index contributed by atoms with van der Waals surface area (Å²) >= 11 is 0. The minimum Gasteiger partial charge on any atom is -0.325 e. The van der Waals surface area contributed by atoms with Crippen LogP contribution in [-0.2, 0) is 4.79 Å². The highest BCUT2D eigenvalue weighted by atomic mass is 16.2. The van der Waals surface area contributed by atoms with Crippen LogP contribution in [0.1, 0.15) is 13.3 Å². The fourth-order valence-corrected chi connectivity index (χ4v) is 2.50. The van der Waals surface area contributed by atoms with Gasteiger partial charge in [0.15, 0.2) is 0 Å². The van der Waals surface area contributed by atoms with Crippen LogP contribution in [-0.4, -0.2) is 24.0 Å².